The molecule has 2 rings (SSSR count). The third-order valence-corrected chi connectivity index (χ3v) is 4.37. The van der Waals surface area contributed by atoms with Crippen molar-refractivity contribution in [3.05, 3.63) is 0 Å². The smallest absolute Gasteiger partial charge is 0.216 e. The van der Waals surface area contributed by atoms with Crippen LogP contribution in [0.5, 0.6) is 0 Å². The summed E-state index contributed by atoms with van der Waals surface area (Å²) in [6.07, 6.45) is 3.69. The van der Waals surface area contributed by atoms with E-state index in [4.69, 9.17) is 0 Å². The molecule has 0 aliphatic carbocycles. The molecule has 0 spiro atoms. The number of nitrogens with zero attached hydrogens (tertiary/aromatic N) is 1. The Morgan fingerprint density at radius 1 is 1.39 bits per heavy atom. The van der Waals surface area contributed by atoms with Crippen molar-refractivity contribution in [2.45, 2.75) is 51.6 Å². The van der Waals surface area contributed by atoms with Gasteiger partial charge in [-0.15, -0.1) is 0 Å². The van der Waals surface area contributed by atoms with Crippen LogP contribution in [0.4, 0.5) is 0 Å². The van der Waals surface area contributed by atoms with Gasteiger partial charge in [-0.3, -0.25) is 9.69 Å². The van der Waals surface area contributed by atoms with E-state index in [0.717, 1.165) is 13.1 Å². The minimum Gasteiger partial charge on any atom is -0.356 e. The third-order valence-electron chi connectivity index (χ3n) is 4.37. The van der Waals surface area contributed by atoms with Crippen LogP contribution in [-0.2, 0) is 4.79 Å². The molecule has 2 aliphatic heterocycles. The lowest BCUT2D eigenvalue weighted by atomic mass is 9.94. The van der Waals surface area contributed by atoms with Crippen LogP contribution in [-0.4, -0.2) is 48.6 Å². The van der Waals surface area contributed by atoms with Crippen LogP contribution in [0.25, 0.3) is 0 Å². The monoisotopic (exact) mass is 253 g/mol. The van der Waals surface area contributed by atoms with Crippen molar-refractivity contribution >= 4 is 5.91 Å². The van der Waals surface area contributed by atoms with Crippen molar-refractivity contribution < 1.29 is 4.79 Å². The minimum absolute atomic E-state index is 0.0965. The second-order valence-electron chi connectivity index (χ2n) is 6.54. The van der Waals surface area contributed by atoms with Gasteiger partial charge in [0.1, 0.15) is 0 Å². The summed E-state index contributed by atoms with van der Waals surface area (Å²) in [4.78, 5) is 13.5. The highest BCUT2D eigenvalue weighted by Crippen LogP contribution is 2.26. The van der Waals surface area contributed by atoms with Crippen LogP contribution in [0.2, 0.25) is 0 Å². The number of amides is 1. The average Bonchev–Trinajstić information content (AvgIpc) is 2.68. The van der Waals surface area contributed by atoms with Gasteiger partial charge in [0.25, 0.3) is 0 Å². The number of piperidine rings is 1. The Kier molecular flexibility index (Phi) is 4.28. The van der Waals surface area contributed by atoms with Gasteiger partial charge >= 0.3 is 0 Å². The van der Waals surface area contributed by atoms with Crippen molar-refractivity contribution in [1.29, 1.82) is 0 Å². The molecule has 4 nitrogen and oxygen atoms in total. The van der Waals surface area contributed by atoms with Gasteiger partial charge in [-0.1, -0.05) is 0 Å². The maximum atomic E-state index is 10.9. The highest BCUT2D eigenvalue weighted by Gasteiger charge is 2.35. The summed E-state index contributed by atoms with van der Waals surface area (Å²) in [5.41, 5.74) is 0.303. The number of carbonyl (C=O) groups excluding carboxylic acids is 1. The Hall–Kier alpha value is -0.610. The van der Waals surface area contributed by atoms with E-state index < -0.39 is 0 Å². The summed E-state index contributed by atoms with van der Waals surface area (Å²) in [6, 6.07) is 0.710. The number of likely N-dealkylation sites (tertiary alicyclic amines) is 1. The molecule has 2 N–H and O–H groups in total. The third kappa shape index (κ3) is 3.69. The second kappa shape index (κ2) is 5.57. The van der Waals surface area contributed by atoms with E-state index in [2.05, 4.69) is 29.4 Å². The normalized spacial score (nSPS) is 29.4. The van der Waals surface area contributed by atoms with E-state index in [0.29, 0.717) is 17.5 Å². The van der Waals surface area contributed by atoms with Crippen LogP contribution in [0, 0.1) is 5.92 Å². The molecule has 0 saturated carbocycles. The number of rotatable bonds is 3. The van der Waals surface area contributed by atoms with E-state index in [1.165, 1.54) is 32.4 Å². The van der Waals surface area contributed by atoms with Crippen LogP contribution in [0.1, 0.15) is 40.0 Å². The lowest BCUT2D eigenvalue weighted by molar-refractivity contribution is -0.119. The lowest BCUT2D eigenvalue weighted by Crippen LogP contribution is -2.44. The SMILES string of the molecule is CC(=O)NCC1CCN(C2CNC(C)(C)C2)CC1. The van der Waals surface area contributed by atoms with Crippen LogP contribution in [0.15, 0.2) is 0 Å². The zero-order chi connectivity index (χ0) is 13.2. The number of nitrogens with one attached hydrogen (secondary N) is 2. The molecule has 1 atom stereocenters. The molecule has 4 heteroatoms. The van der Waals surface area contributed by atoms with Crippen molar-refractivity contribution in [3.63, 3.8) is 0 Å². The van der Waals surface area contributed by atoms with Crippen LogP contribution < -0.4 is 10.6 Å². The van der Waals surface area contributed by atoms with Gasteiger partial charge in [0.15, 0.2) is 0 Å². The highest BCUT2D eigenvalue weighted by atomic mass is 16.1. The molecule has 1 unspecified atom stereocenters. The molecule has 0 radical (unpaired) electrons. The standard InChI is InChI=1S/C14H27N3O/c1-11(18)15-9-12-4-6-17(7-5-12)13-8-14(2,3)16-10-13/h12-13,16H,4-10H2,1-3H3,(H,15,18). The minimum atomic E-state index is 0.0965. The Labute approximate surface area is 110 Å². The molecule has 0 aromatic rings. The van der Waals surface area contributed by atoms with Gasteiger partial charge in [0, 0.05) is 31.6 Å². The van der Waals surface area contributed by atoms with Gasteiger partial charge in [-0.25, -0.2) is 0 Å². The summed E-state index contributed by atoms with van der Waals surface area (Å²) in [5.74, 6) is 0.770. The highest BCUT2D eigenvalue weighted by molar-refractivity contribution is 5.72. The Bertz CT molecular complexity index is 295. The fourth-order valence-corrected chi connectivity index (χ4v) is 3.20. The maximum Gasteiger partial charge on any atom is 0.216 e. The largest absolute Gasteiger partial charge is 0.356 e. The van der Waals surface area contributed by atoms with Crippen molar-refractivity contribution in [1.82, 2.24) is 15.5 Å². The predicted octanol–water partition coefficient (Wildman–Crippen LogP) is 0.975. The molecule has 1 amide bonds. The first-order chi connectivity index (χ1) is 8.46. The molecule has 2 fully saturated rings. The number of hydrogen-bond donors (Lipinski definition) is 2. The maximum absolute atomic E-state index is 10.9. The predicted molar refractivity (Wildman–Crippen MR) is 73.5 cm³/mol. The van der Waals surface area contributed by atoms with Gasteiger partial charge in [0.2, 0.25) is 5.91 Å². The quantitative estimate of drug-likeness (QED) is 0.788. The molecule has 18 heavy (non-hydrogen) atoms. The summed E-state index contributed by atoms with van der Waals surface area (Å²) in [5, 5.41) is 6.54. The fourth-order valence-electron chi connectivity index (χ4n) is 3.20. The van der Waals surface area contributed by atoms with E-state index >= 15 is 0 Å². The molecular weight excluding hydrogens is 226 g/mol. The van der Waals surface area contributed by atoms with E-state index in [9.17, 15) is 4.79 Å². The first-order valence-corrected chi connectivity index (χ1v) is 7.20. The van der Waals surface area contributed by atoms with Crippen LogP contribution >= 0.6 is 0 Å². The first-order valence-electron chi connectivity index (χ1n) is 7.20. The Morgan fingerprint density at radius 2 is 2.06 bits per heavy atom. The summed E-state index contributed by atoms with van der Waals surface area (Å²) < 4.78 is 0. The van der Waals surface area contributed by atoms with Crippen molar-refractivity contribution in [2.24, 2.45) is 5.92 Å². The number of carbonyl (C=O) groups is 1. The summed E-state index contributed by atoms with van der Waals surface area (Å²) in [6.45, 7) is 10.5. The summed E-state index contributed by atoms with van der Waals surface area (Å²) >= 11 is 0. The van der Waals surface area contributed by atoms with Gasteiger partial charge in [-0.05, 0) is 52.1 Å². The average molecular weight is 253 g/mol. The number of hydrogen-bond acceptors (Lipinski definition) is 3. The van der Waals surface area contributed by atoms with Crippen molar-refractivity contribution in [3.8, 4) is 0 Å². The van der Waals surface area contributed by atoms with Crippen molar-refractivity contribution in [2.75, 3.05) is 26.2 Å². The summed E-state index contributed by atoms with van der Waals surface area (Å²) in [7, 11) is 0. The zero-order valence-corrected chi connectivity index (χ0v) is 12.0. The molecule has 2 saturated heterocycles. The molecule has 2 aliphatic rings. The molecule has 0 aromatic heterocycles. The molecule has 0 aromatic carbocycles. The zero-order valence-electron chi connectivity index (χ0n) is 12.0. The molecule has 104 valence electrons. The molecule has 0 bridgehead atoms. The van der Waals surface area contributed by atoms with Gasteiger partial charge < -0.3 is 10.6 Å². The Balaban J connectivity index is 1.72. The van der Waals surface area contributed by atoms with Crippen LogP contribution in [0.3, 0.4) is 0 Å². The van der Waals surface area contributed by atoms with E-state index in [1.807, 2.05) is 0 Å². The Morgan fingerprint density at radius 3 is 2.56 bits per heavy atom. The van der Waals surface area contributed by atoms with E-state index in [-0.39, 0.29) is 5.91 Å². The first kappa shape index (κ1) is 13.8. The molecule has 2 heterocycles. The lowest BCUT2D eigenvalue weighted by Gasteiger charge is -2.36. The van der Waals surface area contributed by atoms with E-state index in [1.54, 1.807) is 6.92 Å². The van der Waals surface area contributed by atoms with Gasteiger partial charge in [0.05, 0.1) is 0 Å². The fraction of sp³-hybridized carbons (Fsp3) is 0.929. The second-order valence-corrected chi connectivity index (χ2v) is 6.54. The topological polar surface area (TPSA) is 44.4 Å². The molecular formula is C14H27N3O. The van der Waals surface area contributed by atoms with Gasteiger partial charge in [-0.2, -0.15) is 0 Å².